The summed E-state index contributed by atoms with van der Waals surface area (Å²) in [6.07, 6.45) is 2.92. The number of hydrogen-bond acceptors (Lipinski definition) is 2. The van der Waals surface area contributed by atoms with Gasteiger partial charge < -0.3 is 10.6 Å². The van der Waals surface area contributed by atoms with Crippen LogP contribution in [0.1, 0.15) is 47.0 Å². The smallest absolute Gasteiger partial charge is 0.225 e. The normalized spacial score (nSPS) is 31.4. The van der Waals surface area contributed by atoms with Crippen LogP contribution < -0.4 is 5.73 Å². The molecule has 0 aromatic carbocycles. The maximum atomic E-state index is 12.4. The highest BCUT2D eigenvalue weighted by atomic mass is 16.2. The van der Waals surface area contributed by atoms with Crippen LogP contribution in [0.2, 0.25) is 0 Å². The summed E-state index contributed by atoms with van der Waals surface area (Å²) in [5.74, 6) is 1.50. The summed E-state index contributed by atoms with van der Waals surface area (Å²) in [5.41, 5.74) is 6.02. The maximum Gasteiger partial charge on any atom is 0.225 e. The Bertz CT molecular complexity index is 255. The molecule has 1 fully saturated rings. The summed E-state index contributed by atoms with van der Waals surface area (Å²) in [5, 5.41) is 0. The molecule has 0 radical (unpaired) electrons. The van der Waals surface area contributed by atoms with E-state index >= 15 is 0 Å². The van der Waals surface area contributed by atoms with Crippen molar-refractivity contribution in [1.82, 2.24) is 4.90 Å². The van der Waals surface area contributed by atoms with Crippen LogP contribution in [0.5, 0.6) is 0 Å². The highest BCUT2D eigenvalue weighted by Gasteiger charge is 2.32. The third-order valence-electron chi connectivity index (χ3n) is 4.25. The molecule has 1 rings (SSSR count). The Labute approximate surface area is 106 Å². The quantitative estimate of drug-likeness (QED) is 0.822. The van der Waals surface area contributed by atoms with E-state index in [4.69, 9.17) is 5.73 Å². The zero-order valence-electron chi connectivity index (χ0n) is 11.9. The van der Waals surface area contributed by atoms with Gasteiger partial charge in [0.05, 0.1) is 0 Å². The molecule has 1 saturated carbocycles. The molecule has 4 atom stereocenters. The van der Waals surface area contributed by atoms with Crippen LogP contribution in [0.3, 0.4) is 0 Å². The monoisotopic (exact) mass is 240 g/mol. The molecule has 3 nitrogen and oxygen atoms in total. The van der Waals surface area contributed by atoms with E-state index in [0.717, 1.165) is 19.3 Å². The molecule has 1 amide bonds. The minimum absolute atomic E-state index is 0.139. The van der Waals surface area contributed by atoms with Gasteiger partial charge >= 0.3 is 0 Å². The Balaban J connectivity index is 2.62. The minimum Gasteiger partial charge on any atom is -0.343 e. The molecule has 0 heterocycles. The van der Waals surface area contributed by atoms with E-state index in [-0.39, 0.29) is 17.9 Å². The highest BCUT2D eigenvalue weighted by Crippen LogP contribution is 2.30. The number of carbonyl (C=O) groups excluding carboxylic acids is 1. The second kappa shape index (κ2) is 5.85. The van der Waals surface area contributed by atoms with Gasteiger partial charge in [-0.05, 0) is 38.0 Å². The van der Waals surface area contributed by atoms with Crippen LogP contribution in [0.25, 0.3) is 0 Å². The summed E-state index contributed by atoms with van der Waals surface area (Å²) in [4.78, 5) is 14.3. The minimum atomic E-state index is 0.139. The van der Waals surface area contributed by atoms with Gasteiger partial charge in [-0.1, -0.05) is 20.8 Å². The largest absolute Gasteiger partial charge is 0.343 e. The number of amides is 1. The fraction of sp³-hybridized carbons (Fsp3) is 0.929. The van der Waals surface area contributed by atoms with Gasteiger partial charge in [-0.2, -0.15) is 0 Å². The van der Waals surface area contributed by atoms with Crippen molar-refractivity contribution in [1.29, 1.82) is 0 Å². The van der Waals surface area contributed by atoms with Crippen molar-refractivity contribution >= 4 is 5.91 Å². The number of nitrogens with zero attached hydrogens (tertiary/aromatic N) is 1. The van der Waals surface area contributed by atoms with Gasteiger partial charge in [0.15, 0.2) is 0 Å². The zero-order valence-corrected chi connectivity index (χ0v) is 11.9. The zero-order chi connectivity index (χ0) is 13.2. The molecule has 4 unspecified atom stereocenters. The van der Waals surface area contributed by atoms with Gasteiger partial charge in [-0.25, -0.2) is 0 Å². The molecule has 0 spiro atoms. The topological polar surface area (TPSA) is 46.3 Å². The van der Waals surface area contributed by atoms with Crippen molar-refractivity contribution in [2.24, 2.45) is 23.5 Å². The highest BCUT2D eigenvalue weighted by molar-refractivity contribution is 5.79. The second-order valence-corrected chi connectivity index (χ2v) is 6.20. The molecule has 0 aromatic rings. The van der Waals surface area contributed by atoms with E-state index in [9.17, 15) is 4.79 Å². The molecule has 3 heteroatoms. The first-order chi connectivity index (χ1) is 7.82. The van der Waals surface area contributed by atoms with E-state index in [0.29, 0.717) is 17.9 Å². The first kappa shape index (κ1) is 14.5. The Hall–Kier alpha value is -0.570. The van der Waals surface area contributed by atoms with Gasteiger partial charge in [0.2, 0.25) is 5.91 Å². The fourth-order valence-electron chi connectivity index (χ4n) is 2.79. The van der Waals surface area contributed by atoms with E-state index in [1.807, 2.05) is 11.9 Å². The average molecular weight is 240 g/mol. The van der Waals surface area contributed by atoms with Gasteiger partial charge in [0.25, 0.3) is 0 Å². The van der Waals surface area contributed by atoms with Crippen LogP contribution in [-0.4, -0.2) is 29.9 Å². The van der Waals surface area contributed by atoms with Crippen LogP contribution in [0, 0.1) is 17.8 Å². The summed E-state index contributed by atoms with van der Waals surface area (Å²) in [7, 11) is 1.93. The lowest BCUT2D eigenvalue weighted by molar-refractivity contribution is -0.138. The summed E-state index contributed by atoms with van der Waals surface area (Å²) in [6, 6.07) is 0.506. The Morgan fingerprint density at radius 3 is 2.29 bits per heavy atom. The van der Waals surface area contributed by atoms with Crippen molar-refractivity contribution in [3.8, 4) is 0 Å². The SMILES string of the molecule is CC1CC(N)CC(C(=O)N(C)C(C)C(C)C)C1. The van der Waals surface area contributed by atoms with E-state index in [1.165, 1.54) is 0 Å². The molecule has 0 saturated heterocycles. The fourth-order valence-corrected chi connectivity index (χ4v) is 2.79. The average Bonchev–Trinajstić information content (AvgIpc) is 2.24. The van der Waals surface area contributed by atoms with E-state index in [2.05, 4.69) is 27.7 Å². The van der Waals surface area contributed by atoms with Crippen molar-refractivity contribution in [3.05, 3.63) is 0 Å². The Morgan fingerprint density at radius 2 is 1.82 bits per heavy atom. The van der Waals surface area contributed by atoms with Crippen LogP contribution in [0.4, 0.5) is 0 Å². The van der Waals surface area contributed by atoms with E-state index < -0.39 is 0 Å². The molecule has 0 aliphatic heterocycles. The molecule has 1 aliphatic rings. The molecule has 1 aliphatic carbocycles. The van der Waals surface area contributed by atoms with Crippen LogP contribution in [-0.2, 0) is 4.79 Å². The molecule has 0 aromatic heterocycles. The predicted octanol–water partition coefficient (Wildman–Crippen LogP) is 2.25. The first-order valence-corrected chi connectivity index (χ1v) is 6.85. The van der Waals surface area contributed by atoms with Gasteiger partial charge in [-0.15, -0.1) is 0 Å². The third-order valence-corrected chi connectivity index (χ3v) is 4.25. The molecule has 17 heavy (non-hydrogen) atoms. The molecule has 0 bridgehead atoms. The molecule has 2 N–H and O–H groups in total. The molecular formula is C14H28N2O. The Morgan fingerprint density at radius 1 is 1.24 bits per heavy atom. The first-order valence-electron chi connectivity index (χ1n) is 6.85. The standard InChI is InChI=1S/C14H28N2O/c1-9(2)11(4)16(5)14(17)12-6-10(3)7-13(15)8-12/h9-13H,6-8,15H2,1-5H3. The lowest BCUT2D eigenvalue weighted by Crippen LogP contribution is -2.45. The number of rotatable bonds is 3. The van der Waals surface area contributed by atoms with Gasteiger partial charge in [0.1, 0.15) is 0 Å². The lowest BCUT2D eigenvalue weighted by Gasteiger charge is -2.36. The summed E-state index contributed by atoms with van der Waals surface area (Å²) < 4.78 is 0. The van der Waals surface area contributed by atoms with Crippen LogP contribution >= 0.6 is 0 Å². The second-order valence-electron chi connectivity index (χ2n) is 6.20. The van der Waals surface area contributed by atoms with Crippen LogP contribution in [0.15, 0.2) is 0 Å². The van der Waals surface area contributed by atoms with E-state index in [1.54, 1.807) is 0 Å². The number of nitrogens with two attached hydrogens (primary N) is 1. The predicted molar refractivity (Wildman–Crippen MR) is 71.6 cm³/mol. The molecule has 100 valence electrons. The van der Waals surface area contributed by atoms with Crippen molar-refractivity contribution in [2.45, 2.75) is 59.0 Å². The number of hydrogen-bond donors (Lipinski definition) is 1. The summed E-state index contributed by atoms with van der Waals surface area (Å²) >= 11 is 0. The molecular weight excluding hydrogens is 212 g/mol. The third kappa shape index (κ3) is 3.70. The lowest BCUT2D eigenvalue weighted by atomic mass is 9.79. The van der Waals surface area contributed by atoms with Crippen molar-refractivity contribution in [2.75, 3.05) is 7.05 Å². The van der Waals surface area contributed by atoms with Crippen molar-refractivity contribution < 1.29 is 4.79 Å². The van der Waals surface area contributed by atoms with Crippen molar-refractivity contribution in [3.63, 3.8) is 0 Å². The number of carbonyl (C=O) groups is 1. The van der Waals surface area contributed by atoms with Gasteiger partial charge in [0, 0.05) is 25.0 Å². The maximum absolute atomic E-state index is 12.4. The Kier molecular flexibility index (Phi) is 4.99. The summed E-state index contributed by atoms with van der Waals surface area (Å²) in [6.45, 7) is 8.63. The van der Waals surface area contributed by atoms with Gasteiger partial charge in [-0.3, -0.25) is 4.79 Å².